The largest absolute Gasteiger partial charge is 0.472 e. The van der Waals surface area contributed by atoms with Crippen molar-refractivity contribution in [3.63, 3.8) is 0 Å². The Morgan fingerprint density at radius 3 is 2.78 bits per heavy atom. The van der Waals surface area contributed by atoms with Crippen molar-refractivity contribution in [1.29, 1.82) is 0 Å². The van der Waals surface area contributed by atoms with Crippen LogP contribution in [-0.4, -0.2) is 17.9 Å². The van der Waals surface area contributed by atoms with Gasteiger partial charge in [0.1, 0.15) is 12.3 Å². The molecule has 5 heteroatoms. The highest BCUT2D eigenvalue weighted by molar-refractivity contribution is 6.01. The van der Waals surface area contributed by atoms with E-state index in [0.29, 0.717) is 5.56 Å². The van der Waals surface area contributed by atoms with Gasteiger partial charge in [-0.25, -0.2) is 0 Å². The number of aryl methyl sites for hydroxylation is 1. The van der Waals surface area contributed by atoms with E-state index in [2.05, 4.69) is 16.7 Å². The smallest absolute Gasteiger partial charge is 0.255 e. The topological polar surface area (TPSA) is 71.3 Å². The number of anilines is 1. The van der Waals surface area contributed by atoms with Crippen LogP contribution in [0.4, 0.5) is 5.69 Å². The molecule has 0 aliphatic heterocycles. The summed E-state index contributed by atoms with van der Waals surface area (Å²) < 4.78 is 4.87. The molecule has 1 aromatic carbocycles. The highest BCUT2D eigenvalue weighted by atomic mass is 16.3. The summed E-state index contributed by atoms with van der Waals surface area (Å²) >= 11 is 0. The standard InChI is InChI=1S/C18H20N2O3/c1-12(19-18(22)14-9-10-23-11-14)17(21)20-16-8-4-6-13-5-2-3-7-15(13)16/h4,6,8-12H,2-3,5,7H2,1H3,(H,19,22)(H,20,21)/t12-/m1/s1. The van der Waals surface area contributed by atoms with E-state index in [4.69, 9.17) is 4.42 Å². The first-order valence-electron chi connectivity index (χ1n) is 7.90. The lowest BCUT2D eigenvalue weighted by molar-refractivity contribution is -0.117. The fourth-order valence-corrected chi connectivity index (χ4v) is 2.88. The van der Waals surface area contributed by atoms with Gasteiger partial charge in [0.2, 0.25) is 5.91 Å². The molecule has 2 N–H and O–H groups in total. The van der Waals surface area contributed by atoms with Crippen LogP contribution in [-0.2, 0) is 17.6 Å². The van der Waals surface area contributed by atoms with Crippen molar-refractivity contribution in [3.8, 4) is 0 Å². The number of nitrogens with one attached hydrogen (secondary N) is 2. The molecule has 1 heterocycles. The van der Waals surface area contributed by atoms with Crippen molar-refractivity contribution in [2.24, 2.45) is 0 Å². The first-order valence-corrected chi connectivity index (χ1v) is 7.90. The van der Waals surface area contributed by atoms with Gasteiger partial charge in [-0.2, -0.15) is 0 Å². The third kappa shape index (κ3) is 3.44. The van der Waals surface area contributed by atoms with Crippen molar-refractivity contribution in [2.45, 2.75) is 38.6 Å². The maximum Gasteiger partial charge on any atom is 0.255 e. The molecule has 0 saturated heterocycles. The van der Waals surface area contributed by atoms with E-state index in [1.54, 1.807) is 13.0 Å². The second kappa shape index (κ2) is 6.69. The molecule has 1 atom stereocenters. The molecule has 5 nitrogen and oxygen atoms in total. The summed E-state index contributed by atoms with van der Waals surface area (Å²) in [5.74, 6) is -0.544. The van der Waals surface area contributed by atoms with Gasteiger partial charge >= 0.3 is 0 Å². The predicted molar refractivity (Wildman–Crippen MR) is 87.3 cm³/mol. The van der Waals surface area contributed by atoms with Crippen LogP contribution >= 0.6 is 0 Å². The van der Waals surface area contributed by atoms with Crippen LogP contribution in [0.25, 0.3) is 0 Å². The molecule has 0 radical (unpaired) electrons. The van der Waals surface area contributed by atoms with E-state index in [1.807, 2.05) is 12.1 Å². The molecule has 0 fully saturated rings. The average molecular weight is 312 g/mol. The second-order valence-corrected chi connectivity index (χ2v) is 5.85. The summed E-state index contributed by atoms with van der Waals surface area (Å²) in [4.78, 5) is 24.3. The van der Waals surface area contributed by atoms with Crippen molar-refractivity contribution < 1.29 is 14.0 Å². The van der Waals surface area contributed by atoms with Crippen molar-refractivity contribution >= 4 is 17.5 Å². The summed E-state index contributed by atoms with van der Waals surface area (Å²) in [5, 5.41) is 5.61. The zero-order valence-corrected chi connectivity index (χ0v) is 13.1. The highest BCUT2D eigenvalue weighted by Crippen LogP contribution is 2.27. The van der Waals surface area contributed by atoms with Gasteiger partial charge < -0.3 is 15.1 Å². The lowest BCUT2D eigenvalue weighted by atomic mass is 9.90. The number of benzene rings is 1. The van der Waals surface area contributed by atoms with E-state index >= 15 is 0 Å². The van der Waals surface area contributed by atoms with E-state index < -0.39 is 6.04 Å². The van der Waals surface area contributed by atoms with E-state index in [-0.39, 0.29) is 11.8 Å². The fourth-order valence-electron chi connectivity index (χ4n) is 2.88. The quantitative estimate of drug-likeness (QED) is 0.912. The monoisotopic (exact) mass is 312 g/mol. The van der Waals surface area contributed by atoms with E-state index in [0.717, 1.165) is 24.9 Å². The highest BCUT2D eigenvalue weighted by Gasteiger charge is 2.20. The van der Waals surface area contributed by atoms with Gasteiger partial charge in [0.05, 0.1) is 11.8 Å². The van der Waals surface area contributed by atoms with Gasteiger partial charge in [0, 0.05) is 5.69 Å². The Balaban J connectivity index is 1.66. The summed E-state index contributed by atoms with van der Waals surface area (Å²) in [7, 11) is 0. The van der Waals surface area contributed by atoms with Crippen molar-refractivity contribution in [3.05, 3.63) is 53.5 Å². The molecule has 2 aromatic rings. The van der Waals surface area contributed by atoms with Gasteiger partial charge in [-0.3, -0.25) is 9.59 Å². The second-order valence-electron chi connectivity index (χ2n) is 5.85. The Morgan fingerprint density at radius 1 is 1.17 bits per heavy atom. The normalized spacial score (nSPS) is 14.7. The minimum atomic E-state index is -0.628. The van der Waals surface area contributed by atoms with E-state index in [1.165, 1.54) is 30.1 Å². The Kier molecular flexibility index (Phi) is 4.46. The fraction of sp³-hybridized carbons (Fsp3) is 0.333. The number of amides is 2. The third-order valence-corrected chi connectivity index (χ3v) is 4.18. The summed E-state index contributed by atoms with van der Waals surface area (Å²) in [6, 6.07) is 6.94. The number of hydrogen-bond acceptors (Lipinski definition) is 3. The van der Waals surface area contributed by atoms with Gasteiger partial charge in [-0.1, -0.05) is 12.1 Å². The first kappa shape index (κ1) is 15.3. The minimum absolute atomic E-state index is 0.221. The Morgan fingerprint density at radius 2 is 2.00 bits per heavy atom. The summed E-state index contributed by atoms with van der Waals surface area (Å²) in [5.41, 5.74) is 3.79. The molecule has 23 heavy (non-hydrogen) atoms. The van der Waals surface area contributed by atoms with Crippen LogP contribution in [0, 0.1) is 0 Å². The lowest BCUT2D eigenvalue weighted by Gasteiger charge is -2.21. The molecule has 1 aliphatic carbocycles. The Labute approximate surface area is 135 Å². The van der Waals surface area contributed by atoms with Crippen LogP contribution < -0.4 is 10.6 Å². The molecular weight excluding hydrogens is 292 g/mol. The number of rotatable bonds is 4. The molecule has 2 amide bonds. The summed E-state index contributed by atoms with van der Waals surface area (Å²) in [6.07, 6.45) is 7.17. The molecule has 1 aromatic heterocycles. The molecule has 1 aliphatic rings. The minimum Gasteiger partial charge on any atom is -0.472 e. The molecule has 0 bridgehead atoms. The number of hydrogen-bond donors (Lipinski definition) is 2. The molecule has 120 valence electrons. The zero-order valence-electron chi connectivity index (χ0n) is 13.1. The van der Waals surface area contributed by atoms with Crippen molar-refractivity contribution in [2.75, 3.05) is 5.32 Å². The molecule has 0 unspecified atom stereocenters. The zero-order chi connectivity index (χ0) is 16.2. The predicted octanol–water partition coefficient (Wildman–Crippen LogP) is 2.92. The number of fused-ring (bicyclic) bond motifs is 1. The summed E-state index contributed by atoms with van der Waals surface area (Å²) in [6.45, 7) is 1.67. The number of carbonyl (C=O) groups is 2. The molecule has 3 rings (SSSR count). The number of furan rings is 1. The van der Waals surface area contributed by atoms with Gasteiger partial charge in [0.25, 0.3) is 5.91 Å². The van der Waals surface area contributed by atoms with Gasteiger partial charge in [-0.15, -0.1) is 0 Å². The van der Waals surface area contributed by atoms with Crippen LogP contribution in [0.1, 0.15) is 41.3 Å². The molecular formula is C18H20N2O3. The van der Waals surface area contributed by atoms with Gasteiger partial charge in [0.15, 0.2) is 0 Å². The molecule has 0 spiro atoms. The van der Waals surface area contributed by atoms with Gasteiger partial charge in [-0.05, 0) is 55.9 Å². The SMILES string of the molecule is C[C@@H](NC(=O)c1ccoc1)C(=O)Nc1cccc2c1CCCC2. The van der Waals surface area contributed by atoms with Crippen LogP contribution in [0.3, 0.4) is 0 Å². The Bertz CT molecular complexity index is 707. The lowest BCUT2D eigenvalue weighted by Crippen LogP contribution is -2.41. The first-order chi connectivity index (χ1) is 11.1. The third-order valence-electron chi connectivity index (χ3n) is 4.18. The van der Waals surface area contributed by atoms with Crippen LogP contribution in [0.15, 0.2) is 41.2 Å². The Hall–Kier alpha value is -2.56. The van der Waals surface area contributed by atoms with Crippen molar-refractivity contribution in [1.82, 2.24) is 5.32 Å². The molecule has 0 saturated carbocycles. The van der Waals surface area contributed by atoms with Crippen LogP contribution in [0.5, 0.6) is 0 Å². The van der Waals surface area contributed by atoms with Crippen LogP contribution in [0.2, 0.25) is 0 Å². The average Bonchev–Trinajstić information content (AvgIpc) is 3.09. The maximum atomic E-state index is 12.4. The maximum absolute atomic E-state index is 12.4. The number of carbonyl (C=O) groups excluding carboxylic acids is 2. The van der Waals surface area contributed by atoms with E-state index in [9.17, 15) is 9.59 Å².